The molecule has 3 aromatic heterocycles. The lowest BCUT2D eigenvalue weighted by atomic mass is 9.71. The number of nitrogens with zero attached hydrogens (tertiary/aromatic N) is 3. The van der Waals surface area contributed by atoms with Crippen molar-refractivity contribution in [3.8, 4) is 22.4 Å². The van der Waals surface area contributed by atoms with Crippen molar-refractivity contribution < 1.29 is 9.53 Å². The molecule has 6 aromatic rings. The molecule has 0 atom stereocenters. The van der Waals surface area contributed by atoms with Crippen LogP contribution in [0.3, 0.4) is 0 Å². The Morgan fingerprint density at radius 1 is 0.952 bits per heavy atom. The van der Waals surface area contributed by atoms with Crippen molar-refractivity contribution in [3.05, 3.63) is 124 Å². The Balaban J connectivity index is 1.22. The number of H-pyrrole nitrogens is 1. The lowest BCUT2D eigenvalue weighted by Crippen LogP contribution is -2.50. The summed E-state index contributed by atoms with van der Waals surface area (Å²) in [4.78, 5) is 30.4. The number of benzene rings is 3. The minimum Gasteiger partial charge on any atom is -0.445 e. The Morgan fingerprint density at radius 3 is 2.45 bits per heavy atom. The number of amides is 1. The summed E-state index contributed by atoms with van der Waals surface area (Å²) >= 11 is 6.21. The highest BCUT2D eigenvalue weighted by atomic mass is 35.5. The van der Waals surface area contributed by atoms with E-state index in [9.17, 15) is 9.59 Å². The van der Waals surface area contributed by atoms with Gasteiger partial charge in [0.2, 0.25) is 0 Å². The van der Waals surface area contributed by atoms with E-state index in [1.165, 1.54) is 0 Å². The fourth-order valence-electron chi connectivity index (χ4n) is 5.64. The van der Waals surface area contributed by atoms with Crippen LogP contribution in [0.15, 0.2) is 102 Å². The Morgan fingerprint density at radius 2 is 1.71 bits per heavy atom. The third-order valence-electron chi connectivity index (χ3n) is 8.02. The largest absolute Gasteiger partial charge is 0.445 e. The Bertz CT molecular complexity index is 2000. The average Bonchev–Trinajstić information content (AvgIpc) is 3.39. The predicted octanol–water partition coefficient (Wildman–Crippen LogP) is 6.86. The van der Waals surface area contributed by atoms with Crippen LogP contribution in [0.2, 0.25) is 5.02 Å². The molecule has 0 aliphatic heterocycles. The van der Waals surface area contributed by atoms with Crippen molar-refractivity contribution in [1.82, 2.24) is 24.9 Å². The molecular weight excluding hydrogens is 550 g/mol. The molecule has 0 saturated heterocycles. The maximum atomic E-state index is 12.8. The molecule has 1 aliphatic rings. The molecule has 9 heteroatoms. The van der Waals surface area contributed by atoms with Crippen LogP contribution in [-0.4, -0.2) is 25.7 Å². The number of halogens is 1. The normalized spacial score (nSPS) is 14.0. The second kappa shape index (κ2) is 10.5. The summed E-state index contributed by atoms with van der Waals surface area (Å²) in [5, 5.41) is 10.3. The smallest absolute Gasteiger partial charge is 0.408 e. The highest BCUT2D eigenvalue weighted by Gasteiger charge is 2.40. The van der Waals surface area contributed by atoms with Crippen molar-refractivity contribution in [1.29, 1.82) is 0 Å². The maximum absolute atomic E-state index is 12.8. The fourth-order valence-corrected chi connectivity index (χ4v) is 5.83. The van der Waals surface area contributed by atoms with Gasteiger partial charge in [-0.25, -0.2) is 24.1 Å². The van der Waals surface area contributed by atoms with E-state index in [-0.39, 0.29) is 12.3 Å². The van der Waals surface area contributed by atoms with Gasteiger partial charge in [-0.05, 0) is 54.7 Å². The highest BCUT2D eigenvalue weighted by molar-refractivity contribution is 6.31. The number of ether oxygens (including phenoxy) is 1. The van der Waals surface area contributed by atoms with Crippen LogP contribution in [0, 0.1) is 0 Å². The van der Waals surface area contributed by atoms with Gasteiger partial charge in [0.05, 0.1) is 22.3 Å². The van der Waals surface area contributed by atoms with Crippen molar-refractivity contribution in [2.45, 2.75) is 31.4 Å². The van der Waals surface area contributed by atoms with Gasteiger partial charge < -0.3 is 10.1 Å². The summed E-state index contributed by atoms with van der Waals surface area (Å²) in [7, 11) is 0. The molecule has 0 radical (unpaired) electrons. The Kier molecular flexibility index (Phi) is 6.47. The zero-order chi connectivity index (χ0) is 28.7. The molecule has 8 nitrogen and oxygen atoms in total. The molecule has 208 valence electrons. The topological polar surface area (TPSA) is 101 Å². The molecule has 1 fully saturated rings. The highest BCUT2D eigenvalue weighted by Crippen LogP contribution is 2.42. The Hall–Kier alpha value is -4.95. The number of pyridine rings is 2. The monoisotopic (exact) mass is 575 g/mol. The van der Waals surface area contributed by atoms with E-state index < -0.39 is 11.6 Å². The summed E-state index contributed by atoms with van der Waals surface area (Å²) in [6.07, 6.45) is 2.19. The number of carbonyl (C=O) groups is 1. The van der Waals surface area contributed by atoms with Crippen LogP contribution >= 0.6 is 11.6 Å². The number of hydrogen-bond donors (Lipinski definition) is 2. The number of fused-ring (bicyclic) bond motifs is 3. The lowest BCUT2D eigenvalue weighted by Gasteiger charge is -2.42. The second-order valence-electron chi connectivity index (χ2n) is 10.5. The molecule has 0 bridgehead atoms. The van der Waals surface area contributed by atoms with Crippen molar-refractivity contribution in [2.75, 3.05) is 0 Å². The number of hydrogen-bond acceptors (Lipinski definition) is 5. The van der Waals surface area contributed by atoms with Crippen LogP contribution in [0.25, 0.3) is 39.1 Å². The second-order valence-corrected chi connectivity index (χ2v) is 10.9. The van der Waals surface area contributed by atoms with E-state index in [1.54, 1.807) is 16.5 Å². The summed E-state index contributed by atoms with van der Waals surface area (Å²) in [5.41, 5.74) is 6.49. The van der Waals surface area contributed by atoms with Crippen LogP contribution in [0.5, 0.6) is 0 Å². The zero-order valence-electron chi connectivity index (χ0n) is 22.5. The van der Waals surface area contributed by atoms with Gasteiger partial charge in [0, 0.05) is 21.7 Å². The molecule has 1 saturated carbocycles. The molecule has 3 heterocycles. The number of nitrogens with one attached hydrogen (secondary N) is 2. The van der Waals surface area contributed by atoms with Crippen LogP contribution in [-0.2, 0) is 16.9 Å². The maximum Gasteiger partial charge on any atom is 0.408 e. The Labute approximate surface area is 246 Å². The van der Waals surface area contributed by atoms with Gasteiger partial charge in [-0.15, -0.1) is 0 Å². The summed E-state index contributed by atoms with van der Waals surface area (Å²) in [6, 6.07) is 31.1. The summed E-state index contributed by atoms with van der Waals surface area (Å²) in [5.74, 6) is 0. The van der Waals surface area contributed by atoms with E-state index in [0.717, 1.165) is 52.8 Å². The molecule has 42 heavy (non-hydrogen) atoms. The van der Waals surface area contributed by atoms with E-state index in [2.05, 4.69) is 15.5 Å². The third kappa shape index (κ3) is 4.59. The van der Waals surface area contributed by atoms with Gasteiger partial charge in [0.1, 0.15) is 6.61 Å². The van der Waals surface area contributed by atoms with Crippen LogP contribution in [0.1, 0.15) is 30.4 Å². The van der Waals surface area contributed by atoms with E-state index in [4.69, 9.17) is 21.3 Å². The van der Waals surface area contributed by atoms with Crippen molar-refractivity contribution in [3.63, 3.8) is 0 Å². The van der Waals surface area contributed by atoms with Crippen molar-refractivity contribution >= 4 is 34.4 Å². The number of rotatable bonds is 6. The van der Waals surface area contributed by atoms with E-state index in [1.807, 2.05) is 84.9 Å². The molecular formula is C33H26ClN5O3. The average molecular weight is 576 g/mol. The zero-order valence-corrected chi connectivity index (χ0v) is 23.3. The molecule has 1 aliphatic carbocycles. The SMILES string of the molecule is O=C(NC1(c2ccc(-c3nc4ccc5n[nH]c(=O)n5c4cc3-c3ccccc3)cc2)CCC1)OCc1ccccc1Cl. The molecule has 2 N–H and O–H groups in total. The molecule has 7 rings (SSSR count). The summed E-state index contributed by atoms with van der Waals surface area (Å²) in [6.45, 7) is 0.105. The first-order chi connectivity index (χ1) is 20.5. The van der Waals surface area contributed by atoms with Gasteiger partial charge >= 0.3 is 11.8 Å². The number of aromatic amines is 1. The minimum atomic E-state index is -0.483. The molecule has 3 aromatic carbocycles. The van der Waals surface area contributed by atoms with E-state index >= 15 is 0 Å². The minimum absolute atomic E-state index is 0.105. The lowest BCUT2D eigenvalue weighted by molar-refractivity contribution is 0.106. The molecule has 0 spiro atoms. The first kappa shape index (κ1) is 26.0. The van der Waals surface area contributed by atoms with Gasteiger partial charge in [-0.1, -0.05) is 84.4 Å². The standard InChI is InChI=1S/C33H26ClN5O3/c34-26-10-5-4-9-23(26)20-42-32(41)36-33(17-6-18-33)24-13-11-22(12-14-24)30-25(21-7-2-1-3-8-21)19-28-27(35-30)15-16-29-37-38-31(40)39(28)29/h1-5,7-16,19H,6,17-18,20H2,(H,36,41)(H,38,40). The third-order valence-corrected chi connectivity index (χ3v) is 8.39. The number of alkyl carbamates (subject to hydrolysis) is 1. The predicted molar refractivity (Wildman–Crippen MR) is 162 cm³/mol. The van der Waals surface area contributed by atoms with Gasteiger partial charge in [-0.3, -0.25) is 0 Å². The van der Waals surface area contributed by atoms with Gasteiger partial charge in [0.15, 0.2) is 5.65 Å². The first-order valence-corrected chi connectivity index (χ1v) is 14.1. The summed E-state index contributed by atoms with van der Waals surface area (Å²) < 4.78 is 7.06. The van der Waals surface area contributed by atoms with Gasteiger partial charge in [0.25, 0.3) is 0 Å². The van der Waals surface area contributed by atoms with Crippen LogP contribution < -0.4 is 11.0 Å². The fraction of sp³-hybridized carbons (Fsp3) is 0.152. The molecule has 1 amide bonds. The van der Waals surface area contributed by atoms with E-state index in [0.29, 0.717) is 21.7 Å². The number of carbonyl (C=O) groups excluding carboxylic acids is 1. The molecule has 0 unspecified atom stereocenters. The van der Waals surface area contributed by atoms with Crippen molar-refractivity contribution in [2.24, 2.45) is 0 Å². The van der Waals surface area contributed by atoms with Crippen LogP contribution in [0.4, 0.5) is 4.79 Å². The number of aromatic nitrogens is 4. The quantitative estimate of drug-likeness (QED) is 0.226. The van der Waals surface area contributed by atoms with Gasteiger partial charge in [-0.2, -0.15) is 5.10 Å². The first-order valence-electron chi connectivity index (χ1n) is 13.8.